The van der Waals surface area contributed by atoms with Gasteiger partial charge in [-0.05, 0) is 94.3 Å². The number of aromatic nitrogens is 1. The molecular weight excluding hydrogens is 476 g/mol. The highest BCUT2D eigenvalue weighted by atomic mass is 35.5. The summed E-state index contributed by atoms with van der Waals surface area (Å²) in [4.78, 5) is 41.9. The van der Waals surface area contributed by atoms with Crippen LogP contribution in [0.3, 0.4) is 0 Å². The van der Waals surface area contributed by atoms with Crippen LogP contribution in [0.1, 0.15) is 36.4 Å². The molecule has 4 rings (SSSR count). The number of anilines is 2. The first-order chi connectivity index (χ1) is 17.2. The number of barbiturate groups is 1. The van der Waals surface area contributed by atoms with Gasteiger partial charge in [0.15, 0.2) is 0 Å². The summed E-state index contributed by atoms with van der Waals surface area (Å²) in [6, 6.07) is 14.4. The summed E-state index contributed by atoms with van der Waals surface area (Å²) in [6.07, 6.45) is 1.54. The number of hydrogen-bond acceptors (Lipinski definition) is 4. The van der Waals surface area contributed by atoms with Crippen molar-refractivity contribution >= 4 is 46.9 Å². The molecule has 1 saturated heterocycles. The molecule has 0 saturated carbocycles. The normalized spacial score (nSPS) is 15.0. The standard InChI is InChI=1S/C28H29ClN4O3/c1-6-31(7-2)21-11-13-22(14-12-21)32-17(3)15-20(19(32)5)16-23-26(34)30-28(36)33(27(23)35)25-10-8-9-24(29)18(25)4/h8-16H,6-7H2,1-5H3,(H,30,34,36)/b23-16+. The van der Waals surface area contributed by atoms with Crippen LogP contribution in [0.25, 0.3) is 11.8 Å². The molecule has 8 heteroatoms. The number of carbonyl (C=O) groups is 3. The number of aryl methyl sites for hydroxylation is 1. The summed E-state index contributed by atoms with van der Waals surface area (Å²) in [5.41, 5.74) is 5.47. The maximum Gasteiger partial charge on any atom is 0.335 e. The maximum absolute atomic E-state index is 13.4. The van der Waals surface area contributed by atoms with Crippen molar-refractivity contribution in [2.45, 2.75) is 34.6 Å². The van der Waals surface area contributed by atoms with E-state index in [0.717, 1.165) is 46.3 Å². The van der Waals surface area contributed by atoms with Gasteiger partial charge in [-0.1, -0.05) is 17.7 Å². The van der Waals surface area contributed by atoms with E-state index in [1.807, 2.05) is 19.9 Å². The van der Waals surface area contributed by atoms with E-state index in [2.05, 4.69) is 52.9 Å². The average molecular weight is 505 g/mol. The first kappa shape index (κ1) is 25.3. The lowest BCUT2D eigenvalue weighted by atomic mass is 10.1. The predicted octanol–water partition coefficient (Wildman–Crippen LogP) is 5.57. The van der Waals surface area contributed by atoms with Gasteiger partial charge in [0, 0.05) is 40.9 Å². The molecule has 0 radical (unpaired) electrons. The van der Waals surface area contributed by atoms with Gasteiger partial charge in [-0.2, -0.15) is 0 Å². The molecule has 4 amide bonds. The Morgan fingerprint density at radius 1 is 0.972 bits per heavy atom. The number of hydrogen-bond donors (Lipinski definition) is 1. The Bertz CT molecular complexity index is 1380. The number of halogens is 1. The molecule has 0 unspecified atom stereocenters. The molecule has 36 heavy (non-hydrogen) atoms. The summed E-state index contributed by atoms with van der Waals surface area (Å²) in [5.74, 6) is -1.42. The minimum Gasteiger partial charge on any atom is -0.372 e. The number of carbonyl (C=O) groups excluding carboxylic acids is 3. The Balaban J connectivity index is 1.72. The Kier molecular flexibility index (Phi) is 7.04. The molecule has 7 nitrogen and oxygen atoms in total. The van der Waals surface area contributed by atoms with E-state index in [4.69, 9.17) is 11.6 Å². The molecule has 0 bridgehead atoms. The molecule has 1 aliphatic heterocycles. The molecule has 1 N–H and O–H groups in total. The Hall–Kier alpha value is -3.84. The van der Waals surface area contributed by atoms with Gasteiger partial charge in [0.1, 0.15) is 5.57 Å². The topological polar surface area (TPSA) is 74.7 Å². The van der Waals surface area contributed by atoms with E-state index < -0.39 is 17.8 Å². The predicted molar refractivity (Wildman–Crippen MR) is 144 cm³/mol. The quantitative estimate of drug-likeness (QED) is 0.352. The van der Waals surface area contributed by atoms with Crippen molar-refractivity contribution in [3.05, 3.63) is 81.6 Å². The van der Waals surface area contributed by atoms with E-state index in [9.17, 15) is 14.4 Å². The van der Waals surface area contributed by atoms with Crippen molar-refractivity contribution in [3.8, 4) is 5.69 Å². The summed E-state index contributed by atoms with van der Waals surface area (Å²) in [5, 5.41) is 2.70. The van der Waals surface area contributed by atoms with E-state index >= 15 is 0 Å². The monoisotopic (exact) mass is 504 g/mol. The first-order valence-electron chi connectivity index (χ1n) is 11.9. The highest BCUT2D eigenvalue weighted by molar-refractivity contribution is 6.40. The molecule has 2 heterocycles. The van der Waals surface area contributed by atoms with Crippen molar-refractivity contribution in [2.75, 3.05) is 22.9 Å². The molecule has 0 atom stereocenters. The van der Waals surface area contributed by atoms with Crippen LogP contribution in [0.5, 0.6) is 0 Å². The van der Waals surface area contributed by atoms with Gasteiger partial charge in [-0.15, -0.1) is 0 Å². The molecule has 1 aromatic heterocycles. The van der Waals surface area contributed by atoms with Gasteiger partial charge in [-0.3, -0.25) is 14.9 Å². The lowest BCUT2D eigenvalue weighted by Gasteiger charge is -2.27. The molecular formula is C28H29ClN4O3. The van der Waals surface area contributed by atoms with Crippen LogP contribution >= 0.6 is 11.6 Å². The van der Waals surface area contributed by atoms with E-state index in [1.165, 1.54) is 0 Å². The summed E-state index contributed by atoms with van der Waals surface area (Å²) in [7, 11) is 0. The van der Waals surface area contributed by atoms with Crippen molar-refractivity contribution in [1.29, 1.82) is 0 Å². The molecule has 0 spiro atoms. The van der Waals surface area contributed by atoms with Gasteiger partial charge >= 0.3 is 6.03 Å². The maximum atomic E-state index is 13.4. The minimum atomic E-state index is -0.800. The van der Waals surface area contributed by atoms with Crippen LogP contribution in [-0.2, 0) is 9.59 Å². The highest BCUT2D eigenvalue weighted by Crippen LogP contribution is 2.30. The second kappa shape index (κ2) is 10.0. The number of rotatable bonds is 6. The van der Waals surface area contributed by atoms with Gasteiger partial charge in [0.2, 0.25) is 0 Å². The van der Waals surface area contributed by atoms with Gasteiger partial charge in [0.25, 0.3) is 11.8 Å². The zero-order chi connectivity index (χ0) is 26.1. The minimum absolute atomic E-state index is 0.119. The third-order valence-electron chi connectivity index (χ3n) is 6.59. The SMILES string of the molecule is CCN(CC)c1ccc(-n2c(C)cc(/C=C3\C(=O)NC(=O)N(c4cccc(Cl)c4C)C3=O)c2C)cc1. The smallest absolute Gasteiger partial charge is 0.335 e. The number of nitrogens with one attached hydrogen (secondary N) is 1. The van der Waals surface area contributed by atoms with Gasteiger partial charge in [0.05, 0.1) is 5.69 Å². The Labute approximate surface area is 216 Å². The summed E-state index contributed by atoms with van der Waals surface area (Å²) >= 11 is 6.21. The Morgan fingerprint density at radius 2 is 1.64 bits per heavy atom. The number of imide groups is 2. The van der Waals surface area contributed by atoms with Crippen LogP contribution in [0.4, 0.5) is 16.2 Å². The van der Waals surface area contributed by atoms with E-state index in [1.54, 1.807) is 31.2 Å². The number of amides is 4. The van der Waals surface area contributed by atoms with Crippen LogP contribution in [0.15, 0.2) is 54.1 Å². The fourth-order valence-electron chi connectivity index (χ4n) is 4.60. The second-order valence-electron chi connectivity index (χ2n) is 8.69. The van der Waals surface area contributed by atoms with Crippen LogP contribution in [0.2, 0.25) is 5.02 Å². The van der Waals surface area contributed by atoms with Crippen molar-refractivity contribution in [3.63, 3.8) is 0 Å². The average Bonchev–Trinajstić information content (AvgIpc) is 3.13. The van der Waals surface area contributed by atoms with Crippen LogP contribution < -0.4 is 15.1 Å². The van der Waals surface area contributed by atoms with Crippen molar-refractivity contribution in [1.82, 2.24) is 9.88 Å². The summed E-state index contributed by atoms with van der Waals surface area (Å²) < 4.78 is 2.08. The van der Waals surface area contributed by atoms with Gasteiger partial charge in [-0.25, -0.2) is 9.69 Å². The van der Waals surface area contributed by atoms with E-state index in [-0.39, 0.29) is 5.57 Å². The van der Waals surface area contributed by atoms with Crippen molar-refractivity contribution < 1.29 is 14.4 Å². The largest absolute Gasteiger partial charge is 0.372 e. The Morgan fingerprint density at radius 3 is 2.28 bits per heavy atom. The molecule has 2 aromatic carbocycles. The van der Waals surface area contributed by atoms with Crippen LogP contribution in [0, 0.1) is 20.8 Å². The molecule has 1 fully saturated rings. The van der Waals surface area contributed by atoms with Crippen LogP contribution in [-0.4, -0.2) is 35.5 Å². The fourth-order valence-corrected chi connectivity index (χ4v) is 4.77. The lowest BCUT2D eigenvalue weighted by Crippen LogP contribution is -2.54. The number of urea groups is 1. The summed E-state index contributed by atoms with van der Waals surface area (Å²) in [6.45, 7) is 11.7. The molecule has 186 valence electrons. The number of benzene rings is 2. The van der Waals surface area contributed by atoms with E-state index in [0.29, 0.717) is 16.3 Å². The lowest BCUT2D eigenvalue weighted by molar-refractivity contribution is -0.122. The third kappa shape index (κ3) is 4.42. The molecule has 3 aromatic rings. The first-order valence-corrected chi connectivity index (χ1v) is 12.3. The fraction of sp³-hybridized carbons (Fsp3) is 0.250. The molecule has 1 aliphatic rings. The van der Waals surface area contributed by atoms with Gasteiger partial charge < -0.3 is 9.47 Å². The third-order valence-corrected chi connectivity index (χ3v) is 7.00. The zero-order valence-electron chi connectivity index (χ0n) is 21.1. The highest BCUT2D eigenvalue weighted by Gasteiger charge is 2.37. The molecule has 0 aliphatic carbocycles. The second-order valence-corrected chi connectivity index (χ2v) is 9.10. The zero-order valence-corrected chi connectivity index (χ0v) is 21.8. The number of nitrogens with zero attached hydrogens (tertiary/aromatic N) is 3. The van der Waals surface area contributed by atoms with Crippen molar-refractivity contribution in [2.24, 2.45) is 0 Å².